The van der Waals surface area contributed by atoms with E-state index < -0.39 is 5.41 Å². The second kappa shape index (κ2) is 10.8. The fourth-order valence-electron chi connectivity index (χ4n) is 4.05. The van der Waals surface area contributed by atoms with Gasteiger partial charge in [-0.2, -0.15) is 0 Å². The molecule has 0 amide bonds. The molecule has 8 heteroatoms. The van der Waals surface area contributed by atoms with E-state index in [2.05, 4.69) is 34.5 Å². The number of anilines is 1. The Morgan fingerprint density at radius 2 is 1.85 bits per heavy atom. The standard InChI is InChI=1S/C26H32FN5O2/c1-26(2,20-10-8-19(9-11-20)21-6-3-4-7-22(21)27)23-18-24(34-31-23)30-25(28)29-12-5-13-32-14-16-33-17-15-32/h3-4,6-11,18H,5,12-17H2,1-2H3,(H3,28,29,30). The van der Waals surface area contributed by atoms with Gasteiger partial charge in [-0.15, -0.1) is 0 Å². The van der Waals surface area contributed by atoms with Crippen molar-refractivity contribution in [1.82, 2.24) is 15.4 Å². The first kappa shape index (κ1) is 23.9. The molecule has 0 saturated carbocycles. The van der Waals surface area contributed by atoms with Crippen molar-refractivity contribution >= 4 is 11.8 Å². The number of guanidine groups is 1. The van der Waals surface area contributed by atoms with Gasteiger partial charge in [-0.3, -0.25) is 15.6 Å². The maximum absolute atomic E-state index is 14.1. The zero-order valence-corrected chi connectivity index (χ0v) is 19.7. The van der Waals surface area contributed by atoms with Crippen LogP contribution >= 0.6 is 0 Å². The maximum Gasteiger partial charge on any atom is 0.231 e. The molecule has 4 rings (SSSR count). The van der Waals surface area contributed by atoms with E-state index in [-0.39, 0.29) is 11.8 Å². The van der Waals surface area contributed by atoms with Crippen LogP contribution < -0.4 is 10.6 Å². The Kier molecular flexibility index (Phi) is 7.59. The number of halogens is 1. The van der Waals surface area contributed by atoms with Gasteiger partial charge >= 0.3 is 0 Å². The number of hydrogen-bond acceptors (Lipinski definition) is 5. The number of hydrogen-bond donors (Lipinski definition) is 3. The molecule has 3 N–H and O–H groups in total. The third-order valence-corrected chi connectivity index (χ3v) is 6.25. The monoisotopic (exact) mass is 465 g/mol. The van der Waals surface area contributed by atoms with Crippen LogP contribution in [0.15, 0.2) is 59.1 Å². The SMILES string of the molecule is CC(C)(c1ccc(-c2ccccc2F)cc1)c1cc(NC(=N)NCCCN2CCOCC2)on1. The normalized spacial score (nSPS) is 14.7. The van der Waals surface area contributed by atoms with Crippen molar-refractivity contribution in [3.05, 3.63) is 71.7 Å². The molecule has 0 bridgehead atoms. The van der Waals surface area contributed by atoms with E-state index in [0.717, 1.165) is 56.1 Å². The smallest absolute Gasteiger partial charge is 0.231 e. The van der Waals surface area contributed by atoms with Crippen LogP contribution in [0.2, 0.25) is 0 Å². The van der Waals surface area contributed by atoms with E-state index >= 15 is 0 Å². The van der Waals surface area contributed by atoms with Gasteiger partial charge in [0.05, 0.1) is 18.9 Å². The minimum Gasteiger partial charge on any atom is -0.379 e. The summed E-state index contributed by atoms with van der Waals surface area (Å²) in [5.41, 5.74) is 2.76. The number of benzene rings is 2. The third-order valence-electron chi connectivity index (χ3n) is 6.25. The molecular formula is C26H32FN5O2. The Bertz CT molecular complexity index is 1090. The lowest BCUT2D eigenvalue weighted by Gasteiger charge is -2.26. The molecule has 2 heterocycles. The summed E-state index contributed by atoms with van der Waals surface area (Å²) in [5, 5.41) is 18.4. The minimum absolute atomic E-state index is 0.178. The molecular weight excluding hydrogens is 433 g/mol. The molecule has 1 aromatic heterocycles. The number of aromatic nitrogens is 1. The Morgan fingerprint density at radius 3 is 2.59 bits per heavy atom. The van der Waals surface area contributed by atoms with Crippen LogP contribution in [0.5, 0.6) is 0 Å². The van der Waals surface area contributed by atoms with Gasteiger partial charge in [0.1, 0.15) is 5.82 Å². The number of rotatable bonds is 8. The molecule has 1 saturated heterocycles. The molecule has 0 aliphatic carbocycles. The fourth-order valence-corrected chi connectivity index (χ4v) is 4.05. The zero-order chi connectivity index (χ0) is 24.0. The first-order valence-corrected chi connectivity index (χ1v) is 11.7. The van der Waals surface area contributed by atoms with Crippen LogP contribution in [-0.4, -0.2) is 55.4 Å². The average Bonchev–Trinajstić information content (AvgIpc) is 3.32. The van der Waals surface area contributed by atoms with Crippen LogP contribution in [0.4, 0.5) is 10.3 Å². The summed E-state index contributed by atoms with van der Waals surface area (Å²) >= 11 is 0. The van der Waals surface area contributed by atoms with E-state index in [1.807, 2.05) is 36.4 Å². The van der Waals surface area contributed by atoms with Gasteiger partial charge in [0.15, 0.2) is 5.96 Å². The molecule has 0 unspecified atom stereocenters. The van der Waals surface area contributed by atoms with Crippen molar-refractivity contribution in [2.45, 2.75) is 25.7 Å². The topological polar surface area (TPSA) is 86.4 Å². The molecule has 34 heavy (non-hydrogen) atoms. The van der Waals surface area contributed by atoms with Gasteiger partial charge < -0.3 is 14.6 Å². The van der Waals surface area contributed by atoms with E-state index in [4.69, 9.17) is 14.7 Å². The predicted molar refractivity (Wildman–Crippen MR) is 132 cm³/mol. The summed E-state index contributed by atoms with van der Waals surface area (Å²) in [7, 11) is 0. The Balaban J connectivity index is 1.31. The Morgan fingerprint density at radius 1 is 1.12 bits per heavy atom. The van der Waals surface area contributed by atoms with Crippen molar-refractivity contribution in [2.24, 2.45) is 0 Å². The highest BCUT2D eigenvalue weighted by molar-refractivity contribution is 5.89. The lowest BCUT2D eigenvalue weighted by atomic mass is 9.81. The van der Waals surface area contributed by atoms with E-state index in [0.29, 0.717) is 18.0 Å². The van der Waals surface area contributed by atoms with E-state index in [1.54, 1.807) is 12.1 Å². The summed E-state index contributed by atoms with van der Waals surface area (Å²) in [4.78, 5) is 2.37. The molecule has 7 nitrogen and oxygen atoms in total. The summed E-state index contributed by atoms with van der Waals surface area (Å²) in [5.74, 6) is 0.354. The predicted octanol–water partition coefficient (Wildman–Crippen LogP) is 4.47. The molecule has 1 fully saturated rings. The zero-order valence-electron chi connectivity index (χ0n) is 19.7. The van der Waals surface area contributed by atoms with Crippen LogP contribution in [0.3, 0.4) is 0 Å². The second-order valence-electron chi connectivity index (χ2n) is 8.99. The second-order valence-corrected chi connectivity index (χ2v) is 8.99. The van der Waals surface area contributed by atoms with E-state index in [1.165, 1.54) is 6.07 Å². The van der Waals surface area contributed by atoms with Gasteiger partial charge in [-0.1, -0.05) is 61.5 Å². The van der Waals surface area contributed by atoms with Crippen molar-refractivity contribution in [3.8, 4) is 11.1 Å². The molecule has 3 aromatic rings. The summed E-state index contributed by atoms with van der Waals surface area (Å²) in [6.45, 7) is 9.33. The maximum atomic E-state index is 14.1. The van der Waals surface area contributed by atoms with Crippen LogP contribution in [0.1, 0.15) is 31.5 Å². The highest BCUT2D eigenvalue weighted by Crippen LogP contribution is 2.33. The molecule has 0 radical (unpaired) electrons. The quantitative estimate of drug-likeness (QED) is 0.259. The highest BCUT2D eigenvalue weighted by atomic mass is 19.1. The summed E-state index contributed by atoms with van der Waals surface area (Å²) < 4.78 is 24.9. The number of morpholine rings is 1. The molecule has 1 aliphatic heterocycles. The number of nitrogens with one attached hydrogen (secondary N) is 3. The first-order valence-electron chi connectivity index (χ1n) is 11.7. The first-order chi connectivity index (χ1) is 16.4. The van der Waals surface area contributed by atoms with Crippen molar-refractivity contribution in [2.75, 3.05) is 44.7 Å². The Hall–Kier alpha value is -3.23. The van der Waals surface area contributed by atoms with Crippen LogP contribution in [0, 0.1) is 11.2 Å². The number of nitrogens with zero attached hydrogens (tertiary/aromatic N) is 2. The van der Waals surface area contributed by atoms with Crippen LogP contribution in [-0.2, 0) is 10.2 Å². The minimum atomic E-state index is -0.426. The van der Waals surface area contributed by atoms with Crippen molar-refractivity contribution < 1.29 is 13.7 Å². The van der Waals surface area contributed by atoms with Gasteiger partial charge in [-0.05, 0) is 30.2 Å². The molecule has 0 atom stereocenters. The Labute approximate surface area is 199 Å². The lowest BCUT2D eigenvalue weighted by molar-refractivity contribution is 0.0376. The fraction of sp³-hybridized carbons (Fsp3) is 0.385. The summed E-state index contributed by atoms with van der Waals surface area (Å²) in [6.07, 6.45) is 0.946. The molecule has 0 spiro atoms. The highest BCUT2D eigenvalue weighted by Gasteiger charge is 2.27. The van der Waals surface area contributed by atoms with Gasteiger partial charge in [0.2, 0.25) is 5.88 Å². The van der Waals surface area contributed by atoms with Gasteiger partial charge in [0, 0.05) is 36.7 Å². The molecule has 180 valence electrons. The number of ether oxygens (including phenoxy) is 1. The average molecular weight is 466 g/mol. The van der Waals surface area contributed by atoms with E-state index in [9.17, 15) is 4.39 Å². The third kappa shape index (κ3) is 5.81. The lowest BCUT2D eigenvalue weighted by Crippen LogP contribution is -2.38. The van der Waals surface area contributed by atoms with Crippen molar-refractivity contribution in [1.29, 1.82) is 5.41 Å². The molecule has 1 aliphatic rings. The van der Waals surface area contributed by atoms with Gasteiger partial charge in [0.25, 0.3) is 0 Å². The largest absolute Gasteiger partial charge is 0.379 e. The van der Waals surface area contributed by atoms with Crippen molar-refractivity contribution in [3.63, 3.8) is 0 Å². The van der Waals surface area contributed by atoms with Crippen LogP contribution in [0.25, 0.3) is 11.1 Å². The van der Waals surface area contributed by atoms with Gasteiger partial charge in [-0.25, -0.2) is 4.39 Å². The summed E-state index contributed by atoms with van der Waals surface area (Å²) in [6, 6.07) is 16.4. The molecule has 2 aromatic carbocycles.